The molecule has 0 spiro atoms. The van der Waals surface area contributed by atoms with Gasteiger partial charge >= 0.3 is 0 Å². The Kier molecular flexibility index (Phi) is 11.1. The summed E-state index contributed by atoms with van der Waals surface area (Å²) >= 11 is 0. The van der Waals surface area contributed by atoms with Gasteiger partial charge in [-0.25, -0.2) is 0 Å². The number of rotatable bonds is 13. The zero-order valence-corrected chi connectivity index (χ0v) is 34.3. The van der Waals surface area contributed by atoms with Gasteiger partial charge in [-0.2, -0.15) is 0 Å². The minimum Gasteiger partial charge on any atom is -0.463 e. The van der Waals surface area contributed by atoms with Gasteiger partial charge < -0.3 is 14.0 Å². The van der Waals surface area contributed by atoms with Crippen molar-refractivity contribution in [2.75, 3.05) is 6.61 Å². The first kappa shape index (κ1) is 36.9. The zero-order valence-electron chi connectivity index (χ0n) is 32.3. The van der Waals surface area contributed by atoms with Gasteiger partial charge in [0.25, 0.3) is 0 Å². The van der Waals surface area contributed by atoms with Gasteiger partial charge in [0.05, 0.1) is 39.5 Å². The minimum absolute atomic E-state index is 0.00531. The van der Waals surface area contributed by atoms with Crippen LogP contribution in [0.3, 0.4) is 0 Å². The first-order valence-electron chi connectivity index (χ1n) is 19.3. The highest BCUT2D eigenvalue weighted by atomic mass is 28.3. The molecule has 0 amide bonds. The number of fused-ring (bicyclic) bond motifs is 3. The Morgan fingerprint density at radius 3 is 1.65 bits per heavy atom. The van der Waals surface area contributed by atoms with E-state index in [4.69, 9.17) is 9.47 Å². The highest BCUT2D eigenvalue weighted by Crippen LogP contribution is 2.42. The Morgan fingerprint density at radius 1 is 0.688 bits per heavy atom. The molecule has 4 aromatic rings. The second-order valence-electron chi connectivity index (χ2n) is 16.7. The SMILES string of the molecule is CC[Si](CC)(CC)c1ccc2c3ccc([Si](CC)(CC)CC)cc3n(-c3cc(C(C)(C)CC(C)(C)C)ccc3OC3CCCCO3)c2c1. The first-order valence-corrected chi connectivity index (χ1v) is 24.6. The van der Waals surface area contributed by atoms with E-state index in [0.29, 0.717) is 0 Å². The summed E-state index contributed by atoms with van der Waals surface area (Å²) in [6.45, 7) is 27.2. The number of hydrogen-bond acceptors (Lipinski definition) is 2. The third-order valence-electron chi connectivity index (χ3n) is 12.4. The van der Waals surface area contributed by atoms with Gasteiger partial charge in [-0.3, -0.25) is 0 Å². The fraction of sp³-hybridized carbons (Fsp3) is 0.581. The van der Waals surface area contributed by atoms with Gasteiger partial charge in [-0.1, -0.05) is 153 Å². The van der Waals surface area contributed by atoms with Gasteiger partial charge in [0, 0.05) is 17.2 Å². The summed E-state index contributed by atoms with van der Waals surface area (Å²) in [5, 5.41) is 5.88. The number of aromatic nitrogens is 1. The Morgan fingerprint density at radius 2 is 1.21 bits per heavy atom. The van der Waals surface area contributed by atoms with E-state index in [9.17, 15) is 0 Å². The Balaban J connectivity index is 1.88. The lowest BCUT2D eigenvalue weighted by Gasteiger charge is -2.34. The van der Waals surface area contributed by atoms with Crippen LogP contribution >= 0.6 is 0 Å². The third-order valence-corrected chi connectivity index (χ3v) is 23.6. The molecule has 1 fully saturated rings. The van der Waals surface area contributed by atoms with Gasteiger partial charge in [0.1, 0.15) is 5.75 Å². The summed E-state index contributed by atoms with van der Waals surface area (Å²) in [5.74, 6) is 0.932. The molecule has 1 saturated heterocycles. The predicted molar refractivity (Wildman–Crippen MR) is 216 cm³/mol. The minimum atomic E-state index is -1.62. The molecule has 0 radical (unpaired) electrons. The lowest BCUT2D eigenvalue weighted by molar-refractivity contribution is -0.105. The molecule has 1 unspecified atom stereocenters. The normalized spacial score (nSPS) is 16.6. The molecule has 48 heavy (non-hydrogen) atoms. The largest absolute Gasteiger partial charge is 0.463 e. The average Bonchev–Trinajstić information content (AvgIpc) is 3.39. The lowest BCUT2D eigenvalue weighted by atomic mass is 9.72. The van der Waals surface area contributed by atoms with Crippen LogP contribution < -0.4 is 15.1 Å². The summed E-state index contributed by atoms with van der Waals surface area (Å²) in [6, 6.07) is 29.8. The molecule has 0 N–H and O–H groups in total. The van der Waals surface area contributed by atoms with E-state index < -0.39 is 16.1 Å². The molecule has 5 heteroatoms. The summed E-state index contributed by atoms with van der Waals surface area (Å²) in [4.78, 5) is 0. The molecule has 1 atom stereocenters. The lowest BCUT2D eigenvalue weighted by Crippen LogP contribution is -2.45. The molecule has 2 heterocycles. The molecule has 3 nitrogen and oxygen atoms in total. The van der Waals surface area contributed by atoms with E-state index in [1.165, 1.54) is 63.6 Å². The van der Waals surface area contributed by atoms with Crippen molar-refractivity contribution in [3.8, 4) is 11.4 Å². The van der Waals surface area contributed by atoms with Gasteiger partial charge in [0.15, 0.2) is 6.29 Å². The van der Waals surface area contributed by atoms with E-state index in [1.807, 2.05) is 0 Å². The maximum Gasteiger partial charge on any atom is 0.199 e. The van der Waals surface area contributed by atoms with Crippen molar-refractivity contribution in [1.29, 1.82) is 0 Å². The van der Waals surface area contributed by atoms with Crippen LogP contribution in [-0.2, 0) is 10.2 Å². The monoisotopic (exact) mass is 683 g/mol. The summed E-state index contributed by atoms with van der Waals surface area (Å²) in [7, 11) is -3.23. The summed E-state index contributed by atoms with van der Waals surface area (Å²) in [6.07, 6.45) is 4.09. The highest BCUT2D eigenvalue weighted by molar-refractivity contribution is 6.92. The summed E-state index contributed by atoms with van der Waals surface area (Å²) in [5.41, 5.74) is 5.39. The van der Waals surface area contributed by atoms with Crippen molar-refractivity contribution in [2.24, 2.45) is 5.41 Å². The number of nitrogens with zero attached hydrogens (tertiary/aromatic N) is 1. The third kappa shape index (κ3) is 6.98. The van der Waals surface area contributed by atoms with Crippen molar-refractivity contribution in [1.82, 2.24) is 4.57 Å². The van der Waals surface area contributed by atoms with Crippen LogP contribution in [0.1, 0.15) is 107 Å². The van der Waals surface area contributed by atoms with Crippen molar-refractivity contribution in [2.45, 2.75) is 150 Å². The maximum atomic E-state index is 6.87. The first-order chi connectivity index (χ1) is 22.8. The molecule has 1 aliphatic rings. The average molecular weight is 684 g/mol. The van der Waals surface area contributed by atoms with Crippen LogP contribution in [0.4, 0.5) is 0 Å². The molecule has 0 saturated carbocycles. The molecule has 5 rings (SSSR count). The van der Waals surface area contributed by atoms with Gasteiger partial charge in [-0.05, 0) is 59.9 Å². The number of hydrogen-bond donors (Lipinski definition) is 0. The number of benzene rings is 3. The summed E-state index contributed by atoms with van der Waals surface area (Å²) < 4.78 is 15.7. The maximum absolute atomic E-state index is 6.87. The highest BCUT2D eigenvalue weighted by Gasteiger charge is 2.33. The topological polar surface area (TPSA) is 23.4 Å². The van der Waals surface area contributed by atoms with Crippen LogP contribution in [0.25, 0.3) is 27.5 Å². The van der Waals surface area contributed by atoms with Crippen molar-refractivity contribution in [3.63, 3.8) is 0 Å². The van der Waals surface area contributed by atoms with Crippen LogP contribution in [0.15, 0.2) is 54.6 Å². The van der Waals surface area contributed by atoms with Gasteiger partial charge in [-0.15, -0.1) is 0 Å². The fourth-order valence-electron chi connectivity index (χ4n) is 9.25. The van der Waals surface area contributed by atoms with E-state index in [-0.39, 0.29) is 17.1 Å². The van der Waals surface area contributed by atoms with Crippen LogP contribution in [0, 0.1) is 5.41 Å². The fourth-order valence-corrected chi connectivity index (χ4v) is 16.5. The second-order valence-corrected chi connectivity index (χ2v) is 27.2. The zero-order chi connectivity index (χ0) is 34.9. The van der Waals surface area contributed by atoms with E-state index in [0.717, 1.165) is 43.7 Å². The smallest absolute Gasteiger partial charge is 0.199 e. The second kappa shape index (κ2) is 14.5. The van der Waals surface area contributed by atoms with Crippen LogP contribution in [-0.4, -0.2) is 33.6 Å². The molecular formula is C43H65NO2Si2. The standard InChI is InChI=1S/C43H65NO2Si2/c1-12-47(13-2,14-3)33-22-24-35-36-25-23-34(48(15-4,16-5)17-6)30-38(36)44(37(35)29-33)39-28-32(43(10,11)31-42(7,8)9)21-26-40(39)46-41-20-18-19-27-45-41/h21-26,28-30,41H,12-20,27,31H2,1-11H3. The Hall–Kier alpha value is -2.35. The van der Waals surface area contributed by atoms with Gasteiger partial charge in [0.2, 0.25) is 0 Å². The van der Waals surface area contributed by atoms with Crippen molar-refractivity contribution < 1.29 is 9.47 Å². The molecule has 262 valence electrons. The molecular weight excluding hydrogens is 619 g/mol. The molecule has 0 aliphatic carbocycles. The molecule has 1 aliphatic heterocycles. The number of ether oxygens (including phenoxy) is 2. The van der Waals surface area contributed by atoms with Crippen molar-refractivity contribution in [3.05, 3.63) is 60.2 Å². The molecule has 1 aromatic heterocycles. The van der Waals surface area contributed by atoms with E-state index in [2.05, 4.69) is 135 Å². The van der Waals surface area contributed by atoms with E-state index in [1.54, 1.807) is 10.4 Å². The molecule has 0 bridgehead atoms. The molecule has 3 aromatic carbocycles. The Labute approximate surface area is 294 Å². The van der Waals surface area contributed by atoms with E-state index >= 15 is 0 Å². The Bertz CT molecular complexity index is 1600. The van der Waals surface area contributed by atoms with Crippen molar-refractivity contribution >= 4 is 48.3 Å². The van der Waals surface area contributed by atoms with Crippen LogP contribution in [0.2, 0.25) is 36.3 Å². The quantitative estimate of drug-likeness (QED) is 0.131. The predicted octanol–water partition coefficient (Wildman–Crippen LogP) is 11.8. The van der Waals surface area contributed by atoms with Crippen LogP contribution in [0.5, 0.6) is 5.75 Å².